The molecule has 0 heterocycles. The Balaban J connectivity index is 1.39. The first-order valence-electron chi connectivity index (χ1n) is 12.2. The molecule has 200 valence electrons. The van der Waals surface area contributed by atoms with Crippen molar-refractivity contribution in [1.29, 1.82) is 0 Å². The van der Waals surface area contributed by atoms with Crippen LogP contribution in [0.1, 0.15) is 22.3 Å². The fraction of sp³-hybridized carbons (Fsp3) is 0.133. The van der Waals surface area contributed by atoms with Crippen LogP contribution in [-0.2, 0) is 21.4 Å². The SMILES string of the molecule is Cc1ccc(COc2ccc(/C=N\NC(=O)CN(c3ccc(Br)cc3)S(=O)(=O)c3ccc(C)cc3)cc2)cc1. The van der Waals surface area contributed by atoms with E-state index in [0.717, 1.165) is 25.5 Å². The molecule has 0 atom stereocenters. The van der Waals surface area contributed by atoms with E-state index in [1.165, 1.54) is 23.9 Å². The van der Waals surface area contributed by atoms with Gasteiger partial charge >= 0.3 is 0 Å². The molecule has 4 rings (SSSR count). The standard InChI is InChI=1S/C30H28BrN3O4S/c1-22-3-7-25(8-4-22)21-38-28-15-9-24(10-16-28)19-32-33-30(35)20-34(27-13-11-26(31)12-14-27)39(36,37)29-17-5-23(2)6-18-29/h3-19H,20-21H2,1-2H3,(H,33,35)/b32-19-. The van der Waals surface area contributed by atoms with Crippen LogP contribution in [0.2, 0.25) is 0 Å². The summed E-state index contributed by atoms with van der Waals surface area (Å²) in [4.78, 5) is 12.8. The molecule has 0 aliphatic heterocycles. The first-order chi connectivity index (χ1) is 18.7. The van der Waals surface area contributed by atoms with Gasteiger partial charge in [0.1, 0.15) is 18.9 Å². The highest BCUT2D eigenvalue weighted by Crippen LogP contribution is 2.25. The number of ether oxygens (including phenoxy) is 1. The van der Waals surface area contributed by atoms with E-state index in [-0.39, 0.29) is 4.90 Å². The lowest BCUT2D eigenvalue weighted by Crippen LogP contribution is -2.39. The molecule has 0 fully saturated rings. The Hall–Kier alpha value is -3.95. The third kappa shape index (κ3) is 7.78. The molecule has 0 saturated heterocycles. The molecule has 0 spiro atoms. The number of carbonyl (C=O) groups excluding carboxylic acids is 1. The molecule has 0 bridgehead atoms. The van der Waals surface area contributed by atoms with Gasteiger partial charge in [-0.1, -0.05) is 63.5 Å². The number of carbonyl (C=O) groups is 1. The van der Waals surface area contributed by atoms with E-state index < -0.39 is 22.5 Å². The van der Waals surface area contributed by atoms with Crippen molar-refractivity contribution in [2.75, 3.05) is 10.8 Å². The number of sulfonamides is 1. The zero-order chi connectivity index (χ0) is 27.8. The van der Waals surface area contributed by atoms with E-state index >= 15 is 0 Å². The number of hydrogen-bond donors (Lipinski definition) is 1. The second-order valence-corrected chi connectivity index (χ2v) is 11.7. The maximum Gasteiger partial charge on any atom is 0.264 e. The highest BCUT2D eigenvalue weighted by atomic mass is 79.9. The van der Waals surface area contributed by atoms with Gasteiger partial charge in [-0.2, -0.15) is 5.10 Å². The van der Waals surface area contributed by atoms with Gasteiger partial charge in [-0.05, 0) is 85.6 Å². The Morgan fingerprint density at radius 2 is 1.46 bits per heavy atom. The molecule has 9 heteroatoms. The van der Waals surface area contributed by atoms with Gasteiger partial charge in [-0.15, -0.1) is 0 Å². The topological polar surface area (TPSA) is 88.1 Å². The zero-order valence-corrected chi connectivity index (χ0v) is 23.9. The molecule has 1 N–H and O–H groups in total. The summed E-state index contributed by atoms with van der Waals surface area (Å²) >= 11 is 3.36. The molecular weight excluding hydrogens is 578 g/mol. The molecule has 0 aromatic heterocycles. The van der Waals surface area contributed by atoms with E-state index in [0.29, 0.717) is 18.0 Å². The molecule has 0 aliphatic carbocycles. The van der Waals surface area contributed by atoms with Crippen LogP contribution < -0.4 is 14.5 Å². The average molecular weight is 607 g/mol. The van der Waals surface area contributed by atoms with E-state index in [2.05, 4.69) is 26.5 Å². The second-order valence-electron chi connectivity index (χ2n) is 8.94. The number of rotatable bonds is 10. The lowest BCUT2D eigenvalue weighted by atomic mass is 10.2. The summed E-state index contributed by atoms with van der Waals surface area (Å²) in [6.07, 6.45) is 1.49. The zero-order valence-electron chi connectivity index (χ0n) is 21.5. The lowest BCUT2D eigenvalue weighted by Gasteiger charge is -2.23. The fourth-order valence-electron chi connectivity index (χ4n) is 3.61. The highest BCUT2D eigenvalue weighted by molar-refractivity contribution is 9.10. The van der Waals surface area contributed by atoms with Crippen molar-refractivity contribution in [3.8, 4) is 5.75 Å². The second kappa shape index (κ2) is 12.7. The van der Waals surface area contributed by atoms with Gasteiger partial charge in [0.25, 0.3) is 15.9 Å². The number of benzene rings is 4. The number of hydrazone groups is 1. The predicted octanol–water partition coefficient (Wildman–Crippen LogP) is 5.99. The van der Waals surface area contributed by atoms with Gasteiger partial charge in [-0.3, -0.25) is 9.10 Å². The first-order valence-corrected chi connectivity index (χ1v) is 14.4. The van der Waals surface area contributed by atoms with Crippen LogP contribution in [-0.4, -0.2) is 27.1 Å². The summed E-state index contributed by atoms with van der Waals surface area (Å²) in [7, 11) is -4.00. The molecule has 1 amide bonds. The van der Waals surface area contributed by atoms with E-state index in [9.17, 15) is 13.2 Å². The summed E-state index contributed by atoms with van der Waals surface area (Å²) < 4.78 is 34.5. The monoisotopic (exact) mass is 605 g/mol. The molecule has 0 saturated carbocycles. The quantitative estimate of drug-likeness (QED) is 0.178. The smallest absolute Gasteiger partial charge is 0.264 e. The predicted molar refractivity (Wildman–Crippen MR) is 158 cm³/mol. The lowest BCUT2D eigenvalue weighted by molar-refractivity contribution is -0.119. The van der Waals surface area contributed by atoms with Crippen LogP contribution >= 0.6 is 15.9 Å². The molecule has 0 unspecified atom stereocenters. The van der Waals surface area contributed by atoms with Crippen LogP contribution in [0.4, 0.5) is 5.69 Å². The number of anilines is 1. The third-order valence-electron chi connectivity index (χ3n) is 5.82. The Morgan fingerprint density at radius 1 is 0.872 bits per heavy atom. The molecule has 4 aromatic carbocycles. The Labute approximate surface area is 237 Å². The average Bonchev–Trinajstić information content (AvgIpc) is 2.93. The molecular formula is C30H28BrN3O4S. The van der Waals surface area contributed by atoms with E-state index in [1.807, 2.05) is 62.4 Å². The Kier molecular flexibility index (Phi) is 9.16. The normalized spacial score (nSPS) is 11.4. The van der Waals surface area contributed by atoms with Crippen molar-refractivity contribution < 1.29 is 17.9 Å². The van der Waals surface area contributed by atoms with Crippen molar-refractivity contribution in [2.24, 2.45) is 5.10 Å². The van der Waals surface area contributed by atoms with Crippen molar-refractivity contribution in [3.05, 3.63) is 124 Å². The van der Waals surface area contributed by atoms with Crippen LogP contribution in [0, 0.1) is 13.8 Å². The molecule has 4 aromatic rings. The van der Waals surface area contributed by atoms with Crippen LogP contribution in [0.5, 0.6) is 5.75 Å². The molecule has 0 aliphatic rings. The van der Waals surface area contributed by atoms with Crippen LogP contribution in [0.3, 0.4) is 0 Å². The van der Waals surface area contributed by atoms with Crippen molar-refractivity contribution >= 4 is 43.8 Å². The van der Waals surface area contributed by atoms with Gasteiger partial charge in [0, 0.05) is 4.47 Å². The number of hydrogen-bond acceptors (Lipinski definition) is 5. The maximum absolute atomic E-state index is 13.4. The number of nitrogens with one attached hydrogen (secondary N) is 1. The minimum atomic E-state index is -4.00. The van der Waals surface area contributed by atoms with Crippen LogP contribution in [0.15, 0.2) is 112 Å². The van der Waals surface area contributed by atoms with E-state index in [4.69, 9.17) is 4.74 Å². The summed E-state index contributed by atoms with van der Waals surface area (Å²) in [5.41, 5.74) is 6.74. The number of aryl methyl sites for hydroxylation is 2. The van der Waals surface area contributed by atoms with Crippen molar-refractivity contribution in [1.82, 2.24) is 5.43 Å². The van der Waals surface area contributed by atoms with Crippen LogP contribution in [0.25, 0.3) is 0 Å². The number of halogens is 1. The highest BCUT2D eigenvalue weighted by Gasteiger charge is 2.27. The molecule has 39 heavy (non-hydrogen) atoms. The molecule has 0 radical (unpaired) electrons. The maximum atomic E-state index is 13.4. The third-order valence-corrected chi connectivity index (χ3v) is 8.14. The minimum absolute atomic E-state index is 0.0945. The van der Waals surface area contributed by atoms with Crippen molar-refractivity contribution in [3.63, 3.8) is 0 Å². The van der Waals surface area contributed by atoms with E-state index in [1.54, 1.807) is 36.4 Å². The Morgan fingerprint density at radius 3 is 2.08 bits per heavy atom. The number of nitrogens with zero attached hydrogens (tertiary/aromatic N) is 2. The summed E-state index contributed by atoms with van der Waals surface area (Å²) in [6.45, 7) is 3.94. The largest absolute Gasteiger partial charge is 0.489 e. The van der Waals surface area contributed by atoms with Crippen molar-refractivity contribution in [2.45, 2.75) is 25.3 Å². The van der Waals surface area contributed by atoms with Gasteiger partial charge in [0.2, 0.25) is 0 Å². The number of amides is 1. The first kappa shape index (κ1) is 28.1. The summed E-state index contributed by atoms with van der Waals surface area (Å²) in [5, 5.41) is 4.01. The van der Waals surface area contributed by atoms with Gasteiger partial charge in [-0.25, -0.2) is 13.8 Å². The van der Waals surface area contributed by atoms with Gasteiger partial charge < -0.3 is 4.74 Å². The Bertz CT molecular complexity index is 1540. The molecule has 7 nitrogen and oxygen atoms in total. The summed E-state index contributed by atoms with van der Waals surface area (Å²) in [5.74, 6) is 0.131. The van der Waals surface area contributed by atoms with Gasteiger partial charge in [0.15, 0.2) is 0 Å². The van der Waals surface area contributed by atoms with Gasteiger partial charge in [0.05, 0.1) is 16.8 Å². The minimum Gasteiger partial charge on any atom is -0.489 e. The fourth-order valence-corrected chi connectivity index (χ4v) is 5.29. The summed E-state index contributed by atoms with van der Waals surface area (Å²) in [6, 6.07) is 28.6.